The van der Waals surface area contributed by atoms with Gasteiger partial charge in [-0.15, -0.1) is 18.3 Å². The van der Waals surface area contributed by atoms with Gasteiger partial charge in [0.25, 0.3) is 0 Å². The third-order valence-electron chi connectivity index (χ3n) is 6.11. The molecule has 0 aromatic rings. The lowest BCUT2D eigenvalue weighted by atomic mass is 9.82. The van der Waals surface area contributed by atoms with Gasteiger partial charge in [-0.3, -0.25) is 19.3 Å². The number of rotatable bonds is 19. The van der Waals surface area contributed by atoms with Crippen molar-refractivity contribution >= 4 is 41.7 Å². The third-order valence-corrected chi connectivity index (χ3v) is 6.99. The molecule has 0 rings (SSSR count). The minimum atomic E-state index is -0.735. The molecule has 0 aromatic heterocycles. The molecule has 0 aliphatic carbocycles. The number of aliphatic hydroxyl groups is 1. The Bertz CT molecular complexity index is 832. The van der Waals surface area contributed by atoms with E-state index in [1.54, 1.807) is 0 Å². The van der Waals surface area contributed by atoms with Crippen molar-refractivity contribution in [2.24, 2.45) is 5.41 Å². The van der Waals surface area contributed by atoms with E-state index in [1.165, 1.54) is 13.0 Å². The number of carbonyl (C=O) groups excluding carboxylic acids is 5. The number of nitrogens with one attached hydrogen (secondary N) is 1. The van der Waals surface area contributed by atoms with Crippen molar-refractivity contribution in [3.8, 4) is 0 Å². The fourth-order valence-electron chi connectivity index (χ4n) is 4.17. The Morgan fingerprint density at radius 1 is 1.05 bits per heavy atom. The minimum absolute atomic E-state index is 0.0108. The van der Waals surface area contributed by atoms with Crippen LogP contribution < -0.4 is 5.32 Å². The zero-order valence-electron chi connectivity index (χ0n) is 25.0. The molecule has 230 valence electrons. The number of ether oxygens (including phenoxy) is 2. The molecule has 0 bridgehead atoms. The maximum Gasteiger partial charge on any atom is 0.335 e. The summed E-state index contributed by atoms with van der Waals surface area (Å²) in [6.07, 6.45) is 4.55. The van der Waals surface area contributed by atoms with Crippen molar-refractivity contribution in [2.45, 2.75) is 92.2 Å². The van der Waals surface area contributed by atoms with Crippen LogP contribution in [0.5, 0.6) is 0 Å². The summed E-state index contributed by atoms with van der Waals surface area (Å²) in [6.45, 7) is 14.8. The highest BCUT2D eigenvalue weighted by molar-refractivity contribution is 8.00. The first kappa shape index (κ1) is 37.4. The molecule has 1 atom stereocenters. The second kappa shape index (κ2) is 20.3. The van der Waals surface area contributed by atoms with Gasteiger partial charge < -0.3 is 19.9 Å². The van der Waals surface area contributed by atoms with E-state index < -0.39 is 42.1 Å². The summed E-state index contributed by atoms with van der Waals surface area (Å²) in [6, 6.07) is -1.74. The van der Waals surface area contributed by atoms with Crippen molar-refractivity contribution in [1.29, 1.82) is 0 Å². The fourth-order valence-corrected chi connectivity index (χ4v) is 4.77. The van der Waals surface area contributed by atoms with E-state index >= 15 is 0 Å². The molecule has 0 saturated heterocycles. The molecular formula is C28H49N3O8S. The molecule has 12 heteroatoms. The van der Waals surface area contributed by atoms with Crippen LogP contribution in [0.15, 0.2) is 12.7 Å². The Morgan fingerprint density at radius 3 is 2.17 bits per heavy atom. The standard InChI is InChI=1S/C28H49N3O8S/c1-8-13-28(6,7)17-23(33)18-39-25(35)20-40-19-24(34)38-16-12-14-29-26(36)31(22(10-3)11-4)27(37)30(15-9-2)21(5)32/h9,22-23,33H,2,8,10-20H2,1,3-7H3,(H,29,36). The maximum absolute atomic E-state index is 13.0. The number of amides is 5. The quantitative estimate of drug-likeness (QED) is 0.130. The zero-order valence-corrected chi connectivity index (χ0v) is 25.8. The second-order valence-corrected chi connectivity index (χ2v) is 11.3. The molecule has 40 heavy (non-hydrogen) atoms. The Morgan fingerprint density at radius 2 is 1.65 bits per heavy atom. The van der Waals surface area contributed by atoms with Crippen LogP contribution in [0.25, 0.3) is 0 Å². The zero-order chi connectivity index (χ0) is 30.7. The molecular weight excluding hydrogens is 538 g/mol. The van der Waals surface area contributed by atoms with Crippen LogP contribution in [0.3, 0.4) is 0 Å². The first-order valence-electron chi connectivity index (χ1n) is 13.9. The number of esters is 2. The van der Waals surface area contributed by atoms with Crippen LogP contribution in [-0.4, -0.2) is 94.8 Å². The average Bonchev–Trinajstić information content (AvgIpc) is 2.87. The first-order chi connectivity index (χ1) is 18.8. The Labute approximate surface area is 243 Å². The summed E-state index contributed by atoms with van der Waals surface area (Å²) in [4.78, 5) is 63.6. The summed E-state index contributed by atoms with van der Waals surface area (Å²) in [5, 5.41) is 12.8. The predicted molar refractivity (Wildman–Crippen MR) is 156 cm³/mol. The largest absolute Gasteiger partial charge is 0.465 e. The normalized spacial score (nSPS) is 11.9. The smallest absolute Gasteiger partial charge is 0.335 e. The van der Waals surface area contributed by atoms with Gasteiger partial charge in [-0.25, -0.2) is 14.5 Å². The number of nitrogens with zero attached hydrogens (tertiary/aromatic N) is 2. The van der Waals surface area contributed by atoms with Gasteiger partial charge in [0.15, 0.2) is 0 Å². The number of imide groups is 2. The van der Waals surface area contributed by atoms with Gasteiger partial charge in [-0.05, 0) is 37.5 Å². The predicted octanol–water partition coefficient (Wildman–Crippen LogP) is 4.13. The molecule has 0 aliphatic heterocycles. The monoisotopic (exact) mass is 587 g/mol. The van der Waals surface area contributed by atoms with Crippen molar-refractivity contribution in [3.63, 3.8) is 0 Å². The van der Waals surface area contributed by atoms with E-state index in [0.29, 0.717) is 25.7 Å². The topological polar surface area (TPSA) is 143 Å². The van der Waals surface area contributed by atoms with Crippen LogP contribution in [0.2, 0.25) is 0 Å². The second-order valence-electron chi connectivity index (χ2n) is 10.3. The molecule has 1 unspecified atom stereocenters. The molecule has 0 fully saturated rings. The molecule has 0 heterocycles. The fraction of sp³-hybridized carbons (Fsp3) is 0.750. The molecule has 0 aliphatic rings. The lowest BCUT2D eigenvalue weighted by Gasteiger charge is -2.32. The van der Waals surface area contributed by atoms with Gasteiger partial charge in [0.1, 0.15) is 6.61 Å². The maximum atomic E-state index is 13.0. The summed E-state index contributed by atoms with van der Waals surface area (Å²) < 4.78 is 10.2. The number of thioether (sulfide) groups is 1. The summed E-state index contributed by atoms with van der Waals surface area (Å²) >= 11 is 1.05. The van der Waals surface area contributed by atoms with Crippen LogP contribution >= 0.6 is 11.8 Å². The minimum Gasteiger partial charge on any atom is -0.465 e. The van der Waals surface area contributed by atoms with Crippen molar-refractivity contribution < 1.29 is 38.6 Å². The van der Waals surface area contributed by atoms with Crippen molar-refractivity contribution in [1.82, 2.24) is 15.1 Å². The molecule has 5 amide bonds. The highest BCUT2D eigenvalue weighted by atomic mass is 32.2. The number of urea groups is 2. The Hall–Kier alpha value is -2.60. The van der Waals surface area contributed by atoms with Crippen molar-refractivity contribution in [3.05, 3.63) is 12.7 Å². The average molecular weight is 588 g/mol. The van der Waals surface area contributed by atoms with Gasteiger partial charge in [-0.2, -0.15) is 0 Å². The van der Waals surface area contributed by atoms with Gasteiger partial charge in [0.2, 0.25) is 5.91 Å². The molecule has 0 saturated carbocycles. The van der Waals surface area contributed by atoms with E-state index in [-0.39, 0.29) is 43.2 Å². The van der Waals surface area contributed by atoms with E-state index in [0.717, 1.165) is 34.4 Å². The van der Waals surface area contributed by atoms with Crippen molar-refractivity contribution in [2.75, 3.05) is 37.8 Å². The third kappa shape index (κ3) is 15.3. The lowest BCUT2D eigenvalue weighted by molar-refractivity contribution is -0.144. The van der Waals surface area contributed by atoms with Gasteiger partial charge in [-0.1, -0.05) is 47.1 Å². The molecule has 2 N–H and O–H groups in total. The number of hydrogen-bond donors (Lipinski definition) is 2. The summed E-state index contributed by atoms with van der Waals surface area (Å²) in [5.41, 5.74) is -0.0335. The van der Waals surface area contributed by atoms with E-state index in [1.807, 2.05) is 13.8 Å². The van der Waals surface area contributed by atoms with E-state index in [9.17, 15) is 29.1 Å². The van der Waals surface area contributed by atoms with Crippen LogP contribution in [0.1, 0.15) is 80.1 Å². The molecule has 0 radical (unpaired) electrons. The highest BCUT2D eigenvalue weighted by Gasteiger charge is 2.32. The Kier molecular flexibility index (Phi) is 19.0. The van der Waals surface area contributed by atoms with E-state index in [4.69, 9.17) is 9.47 Å². The number of carbonyl (C=O) groups is 5. The SMILES string of the molecule is C=CCN(C(C)=O)C(=O)N(C(=O)NCCCOC(=O)CSCC(=O)OCC(O)CC(C)(C)CCC)C(CC)CC. The lowest BCUT2D eigenvalue weighted by Crippen LogP contribution is -2.55. The summed E-state index contributed by atoms with van der Waals surface area (Å²) in [5.74, 6) is -1.61. The van der Waals surface area contributed by atoms with Crippen LogP contribution in [0.4, 0.5) is 9.59 Å². The van der Waals surface area contributed by atoms with Gasteiger partial charge in [0.05, 0.1) is 24.2 Å². The van der Waals surface area contributed by atoms with Gasteiger partial charge >= 0.3 is 24.0 Å². The molecule has 11 nitrogen and oxygen atoms in total. The first-order valence-corrected chi connectivity index (χ1v) is 15.1. The molecule has 0 spiro atoms. The number of hydrogen-bond acceptors (Lipinski definition) is 9. The van der Waals surface area contributed by atoms with Crippen LogP contribution in [0, 0.1) is 5.41 Å². The summed E-state index contributed by atoms with van der Waals surface area (Å²) in [7, 11) is 0. The van der Waals surface area contributed by atoms with E-state index in [2.05, 4.69) is 32.7 Å². The highest BCUT2D eigenvalue weighted by Crippen LogP contribution is 2.28. The number of aliphatic hydroxyl groups excluding tert-OH is 1. The Balaban J connectivity index is 4.43. The van der Waals surface area contributed by atoms with Crippen LogP contribution in [-0.2, 0) is 23.9 Å². The molecule has 0 aromatic carbocycles. The van der Waals surface area contributed by atoms with Gasteiger partial charge in [0, 0.05) is 26.1 Å².